The molecule has 4 nitrogen and oxygen atoms in total. The zero-order valence-electron chi connectivity index (χ0n) is 47.6. The Kier molecular flexibility index (Phi) is 10.5. The van der Waals surface area contributed by atoms with Crippen LogP contribution in [0.1, 0.15) is 101 Å². The average molecular weight is 1050 g/mol. The third-order valence-corrected chi connectivity index (χ3v) is 17.7. The molecule has 0 fully saturated rings. The molecule has 0 atom stereocenters. The van der Waals surface area contributed by atoms with Crippen LogP contribution in [0.25, 0.3) is 76.9 Å². The van der Waals surface area contributed by atoms with Crippen molar-refractivity contribution in [2.45, 2.75) is 84.0 Å². The highest BCUT2D eigenvalue weighted by atomic mass is 16.3. The van der Waals surface area contributed by atoms with Gasteiger partial charge in [0, 0.05) is 50.0 Å². The van der Waals surface area contributed by atoms with Crippen LogP contribution in [-0.2, 0) is 21.7 Å². The Hall–Kier alpha value is -9.12. The van der Waals surface area contributed by atoms with Gasteiger partial charge in [-0.15, -0.1) is 0 Å². The summed E-state index contributed by atoms with van der Waals surface area (Å²) in [5, 5.41) is 6.61. The van der Waals surface area contributed by atoms with Crippen molar-refractivity contribution in [1.29, 1.82) is 0 Å². The molecule has 4 heteroatoms. The Balaban J connectivity index is 1.12. The van der Waals surface area contributed by atoms with Crippen LogP contribution in [-0.4, -0.2) is 0 Å². The van der Waals surface area contributed by atoms with Gasteiger partial charge in [-0.1, -0.05) is 214 Å². The van der Waals surface area contributed by atoms with E-state index in [1.54, 1.807) is 0 Å². The summed E-state index contributed by atoms with van der Waals surface area (Å²) in [7, 11) is 0. The fourth-order valence-electron chi connectivity index (χ4n) is 13.7. The van der Waals surface area contributed by atoms with Gasteiger partial charge in [0.2, 0.25) is 0 Å². The lowest BCUT2D eigenvalue weighted by Gasteiger charge is -2.34. The van der Waals surface area contributed by atoms with E-state index < -0.39 is 5.41 Å². The largest absolute Gasteiger partial charge is 0.455 e. The van der Waals surface area contributed by atoms with E-state index in [-0.39, 0.29) is 16.2 Å². The van der Waals surface area contributed by atoms with Gasteiger partial charge in [-0.25, -0.2) is 0 Å². The highest BCUT2D eigenvalue weighted by molar-refractivity contribution is 6.26. The van der Waals surface area contributed by atoms with E-state index in [9.17, 15) is 0 Å². The van der Waals surface area contributed by atoms with Crippen LogP contribution in [0.3, 0.4) is 0 Å². The number of benzene rings is 11. The van der Waals surface area contributed by atoms with E-state index in [2.05, 4.69) is 297 Å². The van der Waals surface area contributed by atoms with Gasteiger partial charge in [0.1, 0.15) is 16.7 Å². The third-order valence-electron chi connectivity index (χ3n) is 17.7. The number of anilines is 6. The molecule has 2 aliphatic carbocycles. The number of fused-ring (bicyclic) bond motifs is 19. The van der Waals surface area contributed by atoms with Crippen LogP contribution >= 0.6 is 0 Å². The second-order valence-electron chi connectivity index (χ2n) is 25.7. The monoisotopic (exact) mass is 1050 g/mol. The molecule has 394 valence electrons. The lowest BCUT2D eigenvalue weighted by Crippen LogP contribution is -2.26. The Labute approximate surface area is 474 Å². The number of rotatable bonds is 6. The van der Waals surface area contributed by atoms with Gasteiger partial charge in [-0.05, 0) is 150 Å². The molecule has 2 heterocycles. The molecule has 11 aromatic carbocycles. The minimum absolute atomic E-state index is 0.0259. The molecule has 0 aliphatic heterocycles. The van der Waals surface area contributed by atoms with E-state index in [4.69, 9.17) is 8.83 Å². The molecular weight excluding hydrogens is 985 g/mol. The average Bonchev–Trinajstić information content (AvgIpc) is 4.08. The standard InChI is InChI=1S/C77H64N2O2/c1-74(2,3)49-31-38-52(39-32-49)78(53-40-33-50(34-41-53)75(4,5)6)64-45-63-71(73-68(64)58-24-14-18-28-66(58)81-73)70-62(77(63)60-26-16-12-22-56(60)57-23-13-17-27-61(57)77)46-65(72-69(70)59-25-15-19-29-67(59)80-72)79(54-42-35-51(36-43-54)76(7,8)9)55-37-30-47-20-10-11-21-48(47)44-55/h10-46H,1-9H3. The summed E-state index contributed by atoms with van der Waals surface area (Å²) in [6.07, 6.45) is 0. The van der Waals surface area contributed by atoms with Crippen molar-refractivity contribution in [2.24, 2.45) is 0 Å². The number of para-hydroxylation sites is 2. The molecule has 13 aromatic rings. The fraction of sp³-hybridized carbons (Fsp3) is 0.169. The maximum Gasteiger partial charge on any atom is 0.160 e. The Morgan fingerprint density at radius 1 is 0.321 bits per heavy atom. The molecule has 2 aromatic heterocycles. The smallest absolute Gasteiger partial charge is 0.160 e. The van der Waals surface area contributed by atoms with Gasteiger partial charge in [-0.2, -0.15) is 0 Å². The second-order valence-corrected chi connectivity index (χ2v) is 25.7. The number of hydrogen-bond donors (Lipinski definition) is 0. The summed E-state index contributed by atoms with van der Waals surface area (Å²) >= 11 is 0. The topological polar surface area (TPSA) is 32.8 Å². The van der Waals surface area contributed by atoms with Crippen molar-refractivity contribution in [3.05, 3.63) is 263 Å². The van der Waals surface area contributed by atoms with Crippen LogP contribution in [0.4, 0.5) is 34.1 Å². The van der Waals surface area contributed by atoms with Gasteiger partial charge >= 0.3 is 0 Å². The van der Waals surface area contributed by atoms with Gasteiger partial charge in [-0.3, -0.25) is 0 Å². The number of furan rings is 2. The summed E-state index contributed by atoms with van der Waals surface area (Å²) in [6, 6.07) is 83.8. The van der Waals surface area contributed by atoms with E-state index >= 15 is 0 Å². The summed E-state index contributed by atoms with van der Waals surface area (Å²) in [5.74, 6) is 0. The quantitative estimate of drug-likeness (QED) is 0.166. The van der Waals surface area contributed by atoms with Gasteiger partial charge in [0.25, 0.3) is 0 Å². The van der Waals surface area contributed by atoms with Crippen molar-refractivity contribution in [3.8, 4) is 22.3 Å². The lowest BCUT2D eigenvalue weighted by molar-refractivity contribution is 0.590. The van der Waals surface area contributed by atoms with Gasteiger partial charge < -0.3 is 18.6 Å². The molecule has 0 radical (unpaired) electrons. The molecule has 0 saturated heterocycles. The number of nitrogens with zero attached hydrogens (tertiary/aromatic N) is 2. The van der Waals surface area contributed by atoms with Crippen LogP contribution in [0.15, 0.2) is 233 Å². The molecule has 81 heavy (non-hydrogen) atoms. The number of hydrogen-bond acceptors (Lipinski definition) is 4. The predicted octanol–water partition coefficient (Wildman–Crippen LogP) is 21.8. The van der Waals surface area contributed by atoms with Crippen molar-refractivity contribution < 1.29 is 8.83 Å². The molecule has 0 saturated carbocycles. The minimum Gasteiger partial charge on any atom is -0.455 e. The summed E-state index contributed by atoms with van der Waals surface area (Å²) in [4.78, 5) is 4.93. The van der Waals surface area contributed by atoms with Crippen LogP contribution in [0, 0.1) is 0 Å². The molecular formula is C77H64N2O2. The summed E-state index contributed by atoms with van der Waals surface area (Å²) in [6.45, 7) is 20.6. The Morgan fingerprint density at radius 2 is 0.728 bits per heavy atom. The SMILES string of the molecule is CC(C)(C)c1ccc(N(c2ccc3ccccc3c2)c2cc3c(c4c2oc2ccccc24)-c2c(cc(N(c4ccc(C(C)(C)C)cc4)c4ccc(C(C)(C)C)cc4)c4c2oc2ccccc24)C32c3ccccc3-c3ccccc32)cc1. The predicted molar refractivity (Wildman–Crippen MR) is 340 cm³/mol. The normalized spacial score (nSPS) is 13.6. The van der Waals surface area contributed by atoms with E-state index in [0.29, 0.717) is 0 Å². The first-order chi connectivity index (χ1) is 39.1. The van der Waals surface area contributed by atoms with Crippen LogP contribution < -0.4 is 9.80 Å². The zero-order valence-corrected chi connectivity index (χ0v) is 47.6. The molecule has 15 rings (SSSR count). The van der Waals surface area contributed by atoms with Crippen LogP contribution in [0.2, 0.25) is 0 Å². The molecule has 0 amide bonds. The molecule has 0 N–H and O–H groups in total. The van der Waals surface area contributed by atoms with Gasteiger partial charge in [0.05, 0.1) is 22.2 Å². The van der Waals surface area contributed by atoms with Crippen LogP contribution in [0.5, 0.6) is 0 Å². The first kappa shape index (κ1) is 49.0. The highest BCUT2D eigenvalue weighted by Gasteiger charge is 2.54. The first-order valence-corrected chi connectivity index (χ1v) is 28.7. The van der Waals surface area contributed by atoms with Crippen molar-refractivity contribution >= 4 is 88.8 Å². The zero-order chi connectivity index (χ0) is 55.3. The summed E-state index contributed by atoms with van der Waals surface area (Å²) in [5.41, 5.74) is 22.1. The third kappa shape index (κ3) is 7.28. The molecule has 0 unspecified atom stereocenters. The van der Waals surface area contributed by atoms with Crippen molar-refractivity contribution in [2.75, 3.05) is 9.80 Å². The fourth-order valence-corrected chi connectivity index (χ4v) is 13.7. The molecule has 2 aliphatic rings. The van der Waals surface area contributed by atoms with Crippen molar-refractivity contribution in [1.82, 2.24) is 0 Å². The molecule has 1 spiro atoms. The van der Waals surface area contributed by atoms with E-state index in [1.165, 1.54) is 60.8 Å². The lowest BCUT2D eigenvalue weighted by atomic mass is 9.70. The Morgan fingerprint density at radius 3 is 1.26 bits per heavy atom. The maximum absolute atomic E-state index is 7.59. The Bertz CT molecular complexity index is 4580. The van der Waals surface area contributed by atoms with Crippen molar-refractivity contribution in [3.63, 3.8) is 0 Å². The second kappa shape index (κ2) is 17.4. The minimum atomic E-state index is -0.815. The summed E-state index contributed by atoms with van der Waals surface area (Å²) < 4.78 is 15.0. The van der Waals surface area contributed by atoms with E-state index in [0.717, 1.165) is 89.1 Å². The molecule has 0 bridgehead atoms. The maximum atomic E-state index is 7.59. The van der Waals surface area contributed by atoms with Gasteiger partial charge in [0.15, 0.2) is 5.58 Å². The van der Waals surface area contributed by atoms with E-state index in [1.807, 2.05) is 0 Å². The first-order valence-electron chi connectivity index (χ1n) is 28.7. The highest BCUT2D eigenvalue weighted by Crippen LogP contribution is 2.68.